The molecule has 0 aromatic heterocycles. The minimum absolute atomic E-state index is 0.00880. The fourth-order valence-electron chi connectivity index (χ4n) is 2.20. The second-order valence-electron chi connectivity index (χ2n) is 4.74. The molecule has 0 saturated heterocycles. The van der Waals surface area contributed by atoms with Crippen LogP contribution in [0.15, 0.2) is 5.16 Å². The number of amides is 1. The van der Waals surface area contributed by atoms with Gasteiger partial charge in [-0.25, -0.2) is 0 Å². The first-order valence-corrected chi connectivity index (χ1v) is 5.84. The SMILES string of the molecule is CC(C)C(C(=O)NC1CCCC1)C(N)=NO. The number of nitrogens with two attached hydrogens (primary N) is 1. The largest absolute Gasteiger partial charge is 0.409 e. The van der Waals surface area contributed by atoms with Gasteiger partial charge in [-0.15, -0.1) is 0 Å². The zero-order valence-electron chi connectivity index (χ0n) is 9.94. The lowest BCUT2D eigenvalue weighted by Gasteiger charge is -2.21. The Morgan fingerprint density at radius 1 is 1.44 bits per heavy atom. The maximum absolute atomic E-state index is 12.0. The number of amidine groups is 1. The Kier molecular flexibility index (Phi) is 4.58. The minimum Gasteiger partial charge on any atom is -0.409 e. The molecule has 1 amide bonds. The Bertz CT molecular complexity index is 270. The molecule has 1 unspecified atom stereocenters. The van der Waals surface area contributed by atoms with Crippen molar-refractivity contribution in [2.75, 3.05) is 0 Å². The molecule has 1 rings (SSSR count). The maximum atomic E-state index is 12.0. The van der Waals surface area contributed by atoms with E-state index in [1.165, 1.54) is 12.8 Å². The third-order valence-corrected chi connectivity index (χ3v) is 3.08. The Labute approximate surface area is 96.1 Å². The summed E-state index contributed by atoms with van der Waals surface area (Å²) in [7, 11) is 0. The number of oxime groups is 1. The number of nitrogens with one attached hydrogen (secondary N) is 1. The summed E-state index contributed by atoms with van der Waals surface area (Å²) in [5.41, 5.74) is 5.53. The van der Waals surface area contributed by atoms with Crippen LogP contribution in [0.4, 0.5) is 0 Å². The highest BCUT2D eigenvalue weighted by atomic mass is 16.4. The molecule has 0 radical (unpaired) electrons. The molecule has 0 aromatic carbocycles. The number of hydrogen-bond donors (Lipinski definition) is 3. The van der Waals surface area contributed by atoms with Crippen molar-refractivity contribution < 1.29 is 10.0 Å². The van der Waals surface area contributed by atoms with Crippen LogP contribution in [0.1, 0.15) is 39.5 Å². The van der Waals surface area contributed by atoms with Gasteiger partial charge in [0.1, 0.15) is 5.92 Å². The second kappa shape index (κ2) is 5.72. The summed E-state index contributed by atoms with van der Waals surface area (Å²) in [5.74, 6) is -0.648. The average molecular weight is 227 g/mol. The van der Waals surface area contributed by atoms with E-state index in [1.54, 1.807) is 0 Å². The molecule has 1 saturated carbocycles. The number of carbonyl (C=O) groups excluding carboxylic acids is 1. The summed E-state index contributed by atoms with van der Waals surface area (Å²) in [4.78, 5) is 12.0. The molecule has 0 aromatic rings. The fraction of sp³-hybridized carbons (Fsp3) is 0.818. The van der Waals surface area contributed by atoms with Crippen LogP contribution >= 0.6 is 0 Å². The predicted molar refractivity (Wildman–Crippen MR) is 62.1 cm³/mol. The maximum Gasteiger partial charge on any atom is 0.231 e. The third-order valence-electron chi connectivity index (χ3n) is 3.08. The highest BCUT2D eigenvalue weighted by Crippen LogP contribution is 2.19. The van der Waals surface area contributed by atoms with Crippen LogP contribution in [0, 0.1) is 11.8 Å². The zero-order chi connectivity index (χ0) is 12.1. The van der Waals surface area contributed by atoms with E-state index in [-0.39, 0.29) is 23.7 Å². The van der Waals surface area contributed by atoms with E-state index < -0.39 is 5.92 Å². The predicted octanol–water partition coefficient (Wildman–Crippen LogP) is 1.06. The molecule has 92 valence electrons. The first-order chi connectivity index (χ1) is 7.56. The van der Waals surface area contributed by atoms with Crippen molar-refractivity contribution in [1.82, 2.24) is 5.32 Å². The summed E-state index contributed by atoms with van der Waals surface area (Å²) >= 11 is 0. The van der Waals surface area contributed by atoms with E-state index in [0.717, 1.165) is 12.8 Å². The van der Waals surface area contributed by atoms with Gasteiger partial charge in [-0.3, -0.25) is 4.79 Å². The molecule has 0 bridgehead atoms. The molecule has 0 aliphatic heterocycles. The van der Waals surface area contributed by atoms with Crippen molar-refractivity contribution in [3.8, 4) is 0 Å². The molecule has 4 N–H and O–H groups in total. The standard InChI is InChI=1S/C11H21N3O2/c1-7(2)9(10(12)14-16)11(15)13-8-5-3-4-6-8/h7-9,16H,3-6H2,1-2H3,(H2,12,14)(H,13,15). The highest BCUT2D eigenvalue weighted by Gasteiger charge is 2.29. The van der Waals surface area contributed by atoms with Gasteiger partial charge in [-0.1, -0.05) is 31.8 Å². The number of rotatable bonds is 4. The Morgan fingerprint density at radius 3 is 2.44 bits per heavy atom. The quantitative estimate of drug-likeness (QED) is 0.290. The molecular weight excluding hydrogens is 206 g/mol. The van der Waals surface area contributed by atoms with Crippen molar-refractivity contribution in [2.45, 2.75) is 45.6 Å². The van der Waals surface area contributed by atoms with E-state index in [0.29, 0.717) is 0 Å². The second-order valence-corrected chi connectivity index (χ2v) is 4.74. The Balaban J connectivity index is 2.60. The summed E-state index contributed by atoms with van der Waals surface area (Å²) in [5, 5.41) is 14.6. The van der Waals surface area contributed by atoms with Crippen LogP contribution in [-0.4, -0.2) is 23.0 Å². The third kappa shape index (κ3) is 3.12. The van der Waals surface area contributed by atoms with Crippen LogP contribution in [0.5, 0.6) is 0 Å². The van der Waals surface area contributed by atoms with E-state index in [9.17, 15) is 4.79 Å². The van der Waals surface area contributed by atoms with E-state index in [2.05, 4.69) is 10.5 Å². The lowest BCUT2D eigenvalue weighted by atomic mass is 9.93. The Hall–Kier alpha value is -1.26. The van der Waals surface area contributed by atoms with Crippen molar-refractivity contribution in [2.24, 2.45) is 22.7 Å². The van der Waals surface area contributed by atoms with Gasteiger partial charge in [-0.2, -0.15) is 0 Å². The normalized spacial score (nSPS) is 20.1. The van der Waals surface area contributed by atoms with Gasteiger partial charge in [0.15, 0.2) is 5.84 Å². The molecular formula is C11H21N3O2. The number of hydrogen-bond acceptors (Lipinski definition) is 3. The van der Waals surface area contributed by atoms with E-state index in [1.807, 2.05) is 13.8 Å². The molecule has 0 heterocycles. The lowest BCUT2D eigenvalue weighted by Crippen LogP contribution is -2.45. The number of carbonyl (C=O) groups is 1. The van der Waals surface area contributed by atoms with Gasteiger partial charge < -0.3 is 16.3 Å². The topological polar surface area (TPSA) is 87.7 Å². The molecule has 0 spiro atoms. The van der Waals surface area contributed by atoms with Crippen molar-refractivity contribution in [3.05, 3.63) is 0 Å². The van der Waals surface area contributed by atoms with Crippen LogP contribution in [0.3, 0.4) is 0 Å². The lowest BCUT2D eigenvalue weighted by molar-refractivity contribution is -0.124. The van der Waals surface area contributed by atoms with Gasteiger partial charge >= 0.3 is 0 Å². The number of nitrogens with zero attached hydrogens (tertiary/aromatic N) is 1. The summed E-state index contributed by atoms with van der Waals surface area (Å²) < 4.78 is 0. The van der Waals surface area contributed by atoms with Gasteiger partial charge in [0.25, 0.3) is 0 Å². The van der Waals surface area contributed by atoms with E-state index in [4.69, 9.17) is 10.9 Å². The molecule has 1 atom stereocenters. The van der Waals surface area contributed by atoms with Crippen LogP contribution in [-0.2, 0) is 4.79 Å². The zero-order valence-corrected chi connectivity index (χ0v) is 9.94. The van der Waals surface area contributed by atoms with Crippen molar-refractivity contribution >= 4 is 11.7 Å². The molecule has 1 aliphatic carbocycles. The van der Waals surface area contributed by atoms with Crippen LogP contribution in [0.25, 0.3) is 0 Å². The Morgan fingerprint density at radius 2 is 2.00 bits per heavy atom. The van der Waals surface area contributed by atoms with Crippen LogP contribution < -0.4 is 11.1 Å². The minimum atomic E-state index is -0.536. The van der Waals surface area contributed by atoms with Gasteiger partial charge in [0.05, 0.1) is 0 Å². The van der Waals surface area contributed by atoms with Crippen LogP contribution in [0.2, 0.25) is 0 Å². The van der Waals surface area contributed by atoms with E-state index >= 15 is 0 Å². The molecule has 5 nitrogen and oxygen atoms in total. The monoisotopic (exact) mass is 227 g/mol. The van der Waals surface area contributed by atoms with Gasteiger partial charge in [0.2, 0.25) is 5.91 Å². The first kappa shape index (κ1) is 12.8. The fourth-order valence-corrected chi connectivity index (χ4v) is 2.20. The summed E-state index contributed by atoms with van der Waals surface area (Å²) in [6.07, 6.45) is 4.40. The first-order valence-electron chi connectivity index (χ1n) is 5.84. The van der Waals surface area contributed by atoms with Gasteiger partial charge in [0, 0.05) is 6.04 Å². The molecule has 5 heteroatoms. The molecule has 1 fully saturated rings. The van der Waals surface area contributed by atoms with Crippen molar-refractivity contribution in [1.29, 1.82) is 0 Å². The average Bonchev–Trinajstić information content (AvgIpc) is 2.69. The van der Waals surface area contributed by atoms with Gasteiger partial charge in [-0.05, 0) is 18.8 Å². The smallest absolute Gasteiger partial charge is 0.231 e. The van der Waals surface area contributed by atoms with Crippen molar-refractivity contribution in [3.63, 3.8) is 0 Å². The summed E-state index contributed by atoms with van der Waals surface area (Å²) in [6, 6.07) is 0.264. The molecule has 16 heavy (non-hydrogen) atoms. The summed E-state index contributed by atoms with van der Waals surface area (Å²) in [6.45, 7) is 3.77. The highest BCUT2D eigenvalue weighted by molar-refractivity contribution is 6.02. The molecule has 1 aliphatic rings.